The molecular weight excluding hydrogens is 298 g/mol. The average molecular weight is 312 g/mol. The summed E-state index contributed by atoms with van der Waals surface area (Å²) in [6, 6.07) is 15.3. The van der Waals surface area contributed by atoms with E-state index in [1.54, 1.807) is 12.1 Å². The zero-order chi connectivity index (χ0) is 14.4. The van der Waals surface area contributed by atoms with Gasteiger partial charge in [0.2, 0.25) is 10.0 Å². The van der Waals surface area contributed by atoms with Gasteiger partial charge in [-0.25, -0.2) is 13.1 Å². The lowest BCUT2D eigenvalue weighted by atomic mass is 10.3. The maximum Gasteiger partial charge on any atom is 0.240 e. The van der Waals surface area contributed by atoms with E-state index in [9.17, 15) is 8.42 Å². The maximum absolute atomic E-state index is 12.0. The van der Waals surface area contributed by atoms with Gasteiger partial charge in [-0.3, -0.25) is 0 Å². The van der Waals surface area contributed by atoms with Crippen LogP contribution in [-0.2, 0) is 10.0 Å². The largest absolute Gasteiger partial charge is 0.492 e. The number of ether oxygens (including phenoxy) is 1. The van der Waals surface area contributed by atoms with Crippen molar-refractivity contribution in [2.24, 2.45) is 0 Å². The predicted molar refractivity (Wildman–Crippen MR) is 78.6 cm³/mol. The molecule has 0 saturated heterocycles. The molecule has 0 aliphatic rings. The number of sulfonamides is 1. The first-order valence-corrected chi connectivity index (χ1v) is 7.87. The molecule has 0 saturated carbocycles. The van der Waals surface area contributed by atoms with Gasteiger partial charge in [-0.15, -0.1) is 0 Å². The third-order valence-electron chi connectivity index (χ3n) is 2.51. The normalized spacial score (nSPS) is 11.2. The quantitative estimate of drug-likeness (QED) is 0.835. The van der Waals surface area contributed by atoms with Crippen molar-refractivity contribution in [2.45, 2.75) is 4.90 Å². The molecule has 0 fully saturated rings. The molecule has 0 aromatic heterocycles. The van der Waals surface area contributed by atoms with Crippen LogP contribution in [-0.4, -0.2) is 21.6 Å². The molecule has 106 valence electrons. The number of nitrogens with one attached hydrogen (secondary N) is 1. The Labute approximate surface area is 123 Å². The van der Waals surface area contributed by atoms with Crippen molar-refractivity contribution in [3.8, 4) is 5.75 Å². The van der Waals surface area contributed by atoms with Crippen molar-refractivity contribution >= 4 is 21.6 Å². The molecule has 6 heteroatoms. The highest BCUT2D eigenvalue weighted by atomic mass is 35.5. The molecule has 2 aromatic rings. The van der Waals surface area contributed by atoms with E-state index >= 15 is 0 Å². The Morgan fingerprint density at radius 3 is 2.50 bits per heavy atom. The number of rotatable bonds is 6. The fourth-order valence-electron chi connectivity index (χ4n) is 1.58. The maximum atomic E-state index is 12.0. The molecule has 0 amide bonds. The van der Waals surface area contributed by atoms with Crippen LogP contribution < -0.4 is 9.46 Å². The third kappa shape index (κ3) is 4.23. The average Bonchev–Trinajstić information content (AvgIpc) is 2.45. The SMILES string of the molecule is O=S(=O)(NCCOc1ccccc1)c1cccc(Cl)c1. The van der Waals surface area contributed by atoms with Crippen LogP contribution in [0.1, 0.15) is 0 Å². The summed E-state index contributed by atoms with van der Waals surface area (Å²) in [5.74, 6) is 0.703. The van der Waals surface area contributed by atoms with Gasteiger partial charge in [0.15, 0.2) is 0 Å². The Bertz CT molecular complexity index is 659. The molecule has 20 heavy (non-hydrogen) atoms. The minimum Gasteiger partial charge on any atom is -0.492 e. The van der Waals surface area contributed by atoms with E-state index < -0.39 is 10.0 Å². The highest BCUT2D eigenvalue weighted by Gasteiger charge is 2.13. The van der Waals surface area contributed by atoms with Crippen LogP contribution in [0.2, 0.25) is 5.02 Å². The Kier molecular flexibility index (Phi) is 5.00. The second kappa shape index (κ2) is 6.74. The summed E-state index contributed by atoms with van der Waals surface area (Å²) in [6.07, 6.45) is 0. The highest BCUT2D eigenvalue weighted by Crippen LogP contribution is 2.15. The van der Waals surface area contributed by atoms with Crippen molar-refractivity contribution in [3.05, 3.63) is 59.6 Å². The van der Waals surface area contributed by atoms with Gasteiger partial charge in [0, 0.05) is 11.6 Å². The summed E-state index contributed by atoms with van der Waals surface area (Å²) in [4.78, 5) is 0.143. The molecule has 2 rings (SSSR count). The zero-order valence-corrected chi connectivity index (χ0v) is 12.2. The van der Waals surface area contributed by atoms with Gasteiger partial charge in [0.05, 0.1) is 4.90 Å². The molecule has 0 spiro atoms. The monoisotopic (exact) mass is 311 g/mol. The molecule has 4 nitrogen and oxygen atoms in total. The summed E-state index contributed by atoms with van der Waals surface area (Å²) in [5.41, 5.74) is 0. The Morgan fingerprint density at radius 1 is 1.05 bits per heavy atom. The van der Waals surface area contributed by atoms with E-state index in [1.165, 1.54) is 12.1 Å². The lowest BCUT2D eigenvalue weighted by molar-refractivity contribution is 0.323. The van der Waals surface area contributed by atoms with Crippen molar-refractivity contribution in [1.82, 2.24) is 4.72 Å². The van der Waals surface area contributed by atoms with Crippen LogP contribution in [0.5, 0.6) is 5.75 Å². The Balaban J connectivity index is 1.87. The molecule has 0 bridgehead atoms. The van der Waals surface area contributed by atoms with Crippen molar-refractivity contribution in [1.29, 1.82) is 0 Å². The van der Waals surface area contributed by atoms with E-state index in [-0.39, 0.29) is 18.0 Å². The molecule has 0 heterocycles. The first-order chi connectivity index (χ1) is 9.58. The first kappa shape index (κ1) is 14.8. The summed E-state index contributed by atoms with van der Waals surface area (Å²) in [6.45, 7) is 0.438. The molecule has 0 radical (unpaired) electrons. The van der Waals surface area contributed by atoms with E-state index in [0.717, 1.165) is 0 Å². The standard InChI is InChI=1S/C14H14ClNO3S/c15-12-5-4-8-14(11-12)20(17,18)16-9-10-19-13-6-2-1-3-7-13/h1-8,11,16H,9-10H2. The van der Waals surface area contributed by atoms with E-state index in [4.69, 9.17) is 16.3 Å². The molecule has 0 aliphatic carbocycles. The zero-order valence-electron chi connectivity index (χ0n) is 10.6. The minimum absolute atomic E-state index is 0.143. The summed E-state index contributed by atoms with van der Waals surface area (Å²) < 4.78 is 31.8. The molecule has 2 aromatic carbocycles. The van der Waals surface area contributed by atoms with Crippen molar-refractivity contribution in [2.75, 3.05) is 13.2 Å². The van der Waals surface area contributed by atoms with Crippen LogP contribution in [0.3, 0.4) is 0 Å². The van der Waals surface area contributed by atoms with Crippen LogP contribution in [0, 0.1) is 0 Å². The van der Waals surface area contributed by atoms with Crippen LogP contribution in [0.25, 0.3) is 0 Å². The highest BCUT2D eigenvalue weighted by molar-refractivity contribution is 7.89. The lowest BCUT2D eigenvalue weighted by Crippen LogP contribution is -2.28. The minimum atomic E-state index is -3.55. The molecular formula is C14H14ClNO3S. The third-order valence-corrected chi connectivity index (χ3v) is 4.21. The molecule has 0 aliphatic heterocycles. The van der Waals surface area contributed by atoms with Crippen LogP contribution in [0.15, 0.2) is 59.5 Å². The van der Waals surface area contributed by atoms with Gasteiger partial charge in [-0.2, -0.15) is 0 Å². The van der Waals surface area contributed by atoms with Crippen molar-refractivity contribution < 1.29 is 13.2 Å². The number of para-hydroxylation sites is 1. The fourth-order valence-corrected chi connectivity index (χ4v) is 2.89. The summed E-state index contributed by atoms with van der Waals surface area (Å²) >= 11 is 5.78. The number of hydrogen-bond donors (Lipinski definition) is 1. The molecule has 0 atom stereocenters. The topological polar surface area (TPSA) is 55.4 Å². The second-order valence-electron chi connectivity index (χ2n) is 4.02. The van der Waals surface area contributed by atoms with Crippen LogP contribution in [0.4, 0.5) is 0 Å². The van der Waals surface area contributed by atoms with Crippen LogP contribution >= 0.6 is 11.6 Å². The van der Waals surface area contributed by atoms with Gasteiger partial charge in [-0.1, -0.05) is 35.9 Å². The molecule has 0 unspecified atom stereocenters. The van der Waals surface area contributed by atoms with Gasteiger partial charge in [0.1, 0.15) is 12.4 Å². The number of benzene rings is 2. The smallest absolute Gasteiger partial charge is 0.240 e. The first-order valence-electron chi connectivity index (χ1n) is 6.01. The fraction of sp³-hybridized carbons (Fsp3) is 0.143. The second-order valence-corrected chi connectivity index (χ2v) is 6.22. The number of hydrogen-bond acceptors (Lipinski definition) is 3. The van der Waals surface area contributed by atoms with E-state index in [1.807, 2.05) is 30.3 Å². The number of halogens is 1. The van der Waals surface area contributed by atoms with Gasteiger partial charge >= 0.3 is 0 Å². The summed E-state index contributed by atoms with van der Waals surface area (Å²) in [5, 5.41) is 0.383. The predicted octanol–water partition coefficient (Wildman–Crippen LogP) is 2.70. The van der Waals surface area contributed by atoms with E-state index in [2.05, 4.69) is 4.72 Å². The Morgan fingerprint density at radius 2 is 1.80 bits per heavy atom. The molecule has 1 N–H and O–H groups in total. The van der Waals surface area contributed by atoms with Crippen molar-refractivity contribution in [3.63, 3.8) is 0 Å². The van der Waals surface area contributed by atoms with Gasteiger partial charge in [-0.05, 0) is 30.3 Å². The van der Waals surface area contributed by atoms with Gasteiger partial charge in [0.25, 0.3) is 0 Å². The Hall–Kier alpha value is -1.56. The summed E-state index contributed by atoms with van der Waals surface area (Å²) in [7, 11) is -3.55. The van der Waals surface area contributed by atoms with E-state index in [0.29, 0.717) is 10.8 Å². The van der Waals surface area contributed by atoms with Gasteiger partial charge < -0.3 is 4.74 Å². The lowest BCUT2D eigenvalue weighted by Gasteiger charge is -2.08.